The van der Waals surface area contributed by atoms with E-state index < -0.39 is 25.5 Å². The van der Waals surface area contributed by atoms with Crippen molar-refractivity contribution in [2.24, 2.45) is 0 Å². The Kier molecular flexibility index (Phi) is 9.35. The summed E-state index contributed by atoms with van der Waals surface area (Å²) in [6.07, 6.45) is -8.53. The third-order valence-corrected chi connectivity index (χ3v) is 1.10. The van der Waals surface area contributed by atoms with E-state index in [1.807, 2.05) is 0 Å². The first-order valence-corrected chi connectivity index (χ1v) is 4.17. The highest BCUT2D eigenvalue weighted by Gasteiger charge is 2.59. The lowest BCUT2D eigenvalue weighted by Gasteiger charge is -2.18. The molecule has 0 aliphatic rings. The molecule has 0 unspecified atom stereocenters. The van der Waals surface area contributed by atoms with Crippen LogP contribution in [0.2, 0.25) is 0 Å². The summed E-state index contributed by atoms with van der Waals surface area (Å²) in [6, 6.07) is 0. The van der Waals surface area contributed by atoms with Crippen LogP contribution in [0.15, 0.2) is 25.7 Å². The average Bonchev–Trinajstić information content (AvgIpc) is 2.23. The molecule has 102 valence electrons. The number of ether oxygens (including phenoxy) is 3. The maximum absolute atomic E-state index is 11.9. The second kappa shape index (κ2) is 8.80. The minimum Gasteiger partial charge on any atom is -0.505 e. The van der Waals surface area contributed by atoms with Gasteiger partial charge in [-0.2, -0.15) is 22.0 Å². The van der Waals surface area contributed by atoms with Crippen LogP contribution in [0.1, 0.15) is 0 Å². The van der Waals surface area contributed by atoms with Gasteiger partial charge in [0.05, 0.1) is 26.2 Å². The molecule has 8 heteroatoms. The number of methoxy groups -OCH3 is 1. The van der Waals surface area contributed by atoms with E-state index in [4.69, 9.17) is 0 Å². The molecule has 0 aromatic rings. The van der Waals surface area contributed by atoms with Gasteiger partial charge < -0.3 is 14.2 Å². The van der Waals surface area contributed by atoms with E-state index in [1.165, 1.54) is 6.26 Å². The molecule has 0 atom stereocenters. The zero-order valence-electron chi connectivity index (χ0n) is 9.10. The number of rotatable bonds is 6. The zero-order chi connectivity index (χ0) is 13.9. The minimum atomic E-state index is -5.69. The SMILES string of the molecule is C=COC.C=COCCOC(F)(F)C(F)(F)F. The molecule has 17 heavy (non-hydrogen) atoms. The van der Waals surface area contributed by atoms with Gasteiger partial charge in [-0.15, -0.1) is 0 Å². The Bertz CT molecular complexity index is 215. The Morgan fingerprint density at radius 1 is 1.00 bits per heavy atom. The largest absolute Gasteiger partial charge is 0.505 e. The fourth-order valence-electron chi connectivity index (χ4n) is 0.383. The second-order valence-electron chi connectivity index (χ2n) is 2.30. The molecule has 0 aliphatic heterocycles. The van der Waals surface area contributed by atoms with Gasteiger partial charge in [-0.1, -0.05) is 13.2 Å². The van der Waals surface area contributed by atoms with Crippen LogP contribution in [0.3, 0.4) is 0 Å². The van der Waals surface area contributed by atoms with Crippen LogP contribution >= 0.6 is 0 Å². The van der Waals surface area contributed by atoms with E-state index in [-0.39, 0.29) is 0 Å². The van der Waals surface area contributed by atoms with Crippen LogP contribution in [-0.4, -0.2) is 32.6 Å². The first kappa shape index (κ1) is 18.1. The third-order valence-electron chi connectivity index (χ3n) is 1.10. The lowest BCUT2D eigenvalue weighted by molar-refractivity contribution is -0.391. The molecule has 0 spiro atoms. The summed E-state index contributed by atoms with van der Waals surface area (Å²) in [6.45, 7) is 5.04. The molecule has 0 saturated carbocycles. The van der Waals surface area contributed by atoms with E-state index in [9.17, 15) is 22.0 Å². The second-order valence-corrected chi connectivity index (χ2v) is 2.30. The molecule has 3 nitrogen and oxygen atoms in total. The van der Waals surface area contributed by atoms with Crippen LogP contribution in [0.25, 0.3) is 0 Å². The van der Waals surface area contributed by atoms with Gasteiger partial charge in [-0.05, 0) is 0 Å². The maximum atomic E-state index is 11.9. The standard InChI is InChI=1S/C6H7F5O2.C3H6O/c1-2-12-3-4-13-6(10,11)5(7,8)9;1-3-4-2/h2H,1,3-4H2;3H,1H2,2H3. The molecular weight excluding hydrogens is 251 g/mol. The van der Waals surface area contributed by atoms with Crippen molar-refractivity contribution in [1.29, 1.82) is 0 Å². The summed E-state index contributed by atoms with van der Waals surface area (Å²) in [4.78, 5) is 0. The van der Waals surface area contributed by atoms with Gasteiger partial charge in [-0.25, -0.2) is 0 Å². The van der Waals surface area contributed by atoms with Crippen molar-refractivity contribution in [1.82, 2.24) is 0 Å². The van der Waals surface area contributed by atoms with E-state index in [1.54, 1.807) is 7.11 Å². The van der Waals surface area contributed by atoms with Gasteiger partial charge in [0.1, 0.15) is 6.61 Å². The first-order chi connectivity index (χ1) is 7.72. The van der Waals surface area contributed by atoms with Gasteiger partial charge in [0.15, 0.2) is 0 Å². The molecule has 0 fully saturated rings. The maximum Gasteiger partial charge on any atom is 0.482 e. The van der Waals surface area contributed by atoms with Gasteiger partial charge in [-0.3, -0.25) is 0 Å². The topological polar surface area (TPSA) is 27.7 Å². The number of halogens is 5. The quantitative estimate of drug-likeness (QED) is 0.419. The average molecular weight is 264 g/mol. The number of hydrogen-bond acceptors (Lipinski definition) is 3. The van der Waals surface area contributed by atoms with Crippen molar-refractivity contribution in [3.63, 3.8) is 0 Å². The molecule has 0 amide bonds. The summed E-state index contributed by atoms with van der Waals surface area (Å²) in [5.74, 6) is 0. The molecule has 0 aromatic heterocycles. The predicted octanol–water partition coefficient (Wildman–Crippen LogP) is 3.09. The Morgan fingerprint density at radius 3 is 1.76 bits per heavy atom. The highest BCUT2D eigenvalue weighted by molar-refractivity contribution is 4.63. The van der Waals surface area contributed by atoms with Crippen molar-refractivity contribution >= 4 is 0 Å². The summed E-state index contributed by atoms with van der Waals surface area (Å²) in [7, 11) is 1.56. The summed E-state index contributed by atoms with van der Waals surface area (Å²) in [5.41, 5.74) is 0. The van der Waals surface area contributed by atoms with Crippen LogP contribution < -0.4 is 0 Å². The van der Waals surface area contributed by atoms with Crippen molar-refractivity contribution in [3.05, 3.63) is 25.7 Å². The first-order valence-electron chi connectivity index (χ1n) is 4.17. The number of hydrogen-bond donors (Lipinski definition) is 0. The van der Waals surface area contributed by atoms with Crippen molar-refractivity contribution in [2.45, 2.75) is 12.3 Å². The predicted molar refractivity (Wildman–Crippen MR) is 50.3 cm³/mol. The number of alkyl halides is 5. The van der Waals surface area contributed by atoms with E-state index in [0.717, 1.165) is 6.26 Å². The van der Waals surface area contributed by atoms with Gasteiger partial charge >= 0.3 is 12.3 Å². The summed E-state index contributed by atoms with van der Waals surface area (Å²) >= 11 is 0. The fourth-order valence-corrected chi connectivity index (χ4v) is 0.383. The van der Waals surface area contributed by atoms with Crippen molar-refractivity contribution in [3.8, 4) is 0 Å². The van der Waals surface area contributed by atoms with Gasteiger partial charge in [0, 0.05) is 0 Å². The van der Waals surface area contributed by atoms with Crippen LogP contribution in [0.4, 0.5) is 22.0 Å². The van der Waals surface area contributed by atoms with Crippen molar-refractivity contribution < 1.29 is 36.2 Å². The fraction of sp³-hybridized carbons (Fsp3) is 0.556. The normalized spacial score (nSPS) is 10.9. The molecule has 0 aromatic carbocycles. The monoisotopic (exact) mass is 264 g/mol. The Labute approximate surface area is 95.5 Å². The Hall–Kier alpha value is -1.31. The molecular formula is C9H13F5O3. The van der Waals surface area contributed by atoms with Crippen molar-refractivity contribution in [2.75, 3.05) is 20.3 Å². The Balaban J connectivity index is 0. The summed E-state index contributed by atoms with van der Waals surface area (Å²) < 4.78 is 69.9. The minimum absolute atomic E-state index is 0.408. The highest BCUT2D eigenvalue weighted by atomic mass is 19.4. The summed E-state index contributed by atoms with van der Waals surface area (Å²) in [5, 5.41) is 0. The van der Waals surface area contributed by atoms with Crippen LogP contribution in [0, 0.1) is 0 Å². The van der Waals surface area contributed by atoms with Gasteiger partial charge in [0.25, 0.3) is 0 Å². The van der Waals surface area contributed by atoms with Crippen LogP contribution in [-0.2, 0) is 14.2 Å². The highest BCUT2D eigenvalue weighted by Crippen LogP contribution is 2.35. The molecule has 0 N–H and O–H groups in total. The zero-order valence-corrected chi connectivity index (χ0v) is 9.10. The van der Waals surface area contributed by atoms with E-state index in [2.05, 4.69) is 27.4 Å². The molecule has 0 aliphatic carbocycles. The molecule has 0 radical (unpaired) electrons. The lowest BCUT2D eigenvalue weighted by atomic mass is 10.6. The Morgan fingerprint density at radius 2 is 1.47 bits per heavy atom. The molecule has 0 bridgehead atoms. The molecule has 0 rings (SSSR count). The van der Waals surface area contributed by atoms with Gasteiger partial charge in [0.2, 0.25) is 0 Å². The molecule has 0 saturated heterocycles. The van der Waals surface area contributed by atoms with E-state index >= 15 is 0 Å². The van der Waals surface area contributed by atoms with E-state index in [0.29, 0.717) is 0 Å². The lowest BCUT2D eigenvalue weighted by Crippen LogP contribution is -2.39. The third kappa shape index (κ3) is 9.61. The van der Waals surface area contributed by atoms with Crippen LogP contribution in [0.5, 0.6) is 0 Å². The smallest absolute Gasteiger partial charge is 0.482 e. The molecule has 0 heterocycles.